The lowest BCUT2D eigenvalue weighted by Crippen LogP contribution is -1.98. The predicted octanol–water partition coefficient (Wildman–Crippen LogP) is 3.72. The molecule has 1 heterocycles. The number of aromatic carboxylic acids is 1. The molecule has 0 amide bonds. The van der Waals surface area contributed by atoms with Crippen LogP contribution in [0.4, 0.5) is 0 Å². The highest BCUT2D eigenvalue weighted by molar-refractivity contribution is 14.1. The van der Waals surface area contributed by atoms with Crippen LogP contribution >= 0.6 is 22.6 Å². The predicted molar refractivity (Wildman–Crippen MR) is 85.7 cm³/mol. The van der Waals surface area contributed by atoms with E-state index < -0.39 is 5.97 Å². The number of aromatic nitrogens is 2. The molecule has 2 aromatic carbocycles. The second-order valence-corrected chi connectivity index (χ2v) is 5.44. The minimum Gasteiger partial charge on any atom is -0.478 e. The van der Waals surface area contributed by atoms with Crippen molar-refractivity contribution in [1.29, 1.82) is 0 Å². The molecule has 0 fully saturated rings. The van der Waals surface area contributed by atoms with Crippen LogP contribution in [0.3, 0.4) is 0 Å². The average molecular weight is 392 g/mol. The summed E-state index contributed by atoms with van der Waals surface area (Å²) < 4.78 is 6.66. The van der Waals surface area contributed by atoms with Crippen molar-refractivity contribution in [3.8, 4) is 11.5 Å². The first-order chi connectivity index (χ1) is 10.1. The number of rotatable bonds is 3. The Hall–Kier alpha value is -2.22. The van der Waals surface area contributed by atoms with Crippen LogP contribution in [-0.4, -0.2) is 21.3 Å². The molecule has 21 heavy (non-hydrogen) atoms. The first-order valence-electron chi connectivity index (χ1n) is 6.06. The molecule has 0 saturated carbocycles. The summed E-state index contributed by atoms with van der Waals surface area (Å²) in [6, 6.07) is 12.2. The Morgan fingerprint density at radius 2 is 1.95 bits per heavy atom. The van der Waals surface area contributed by atoms with Crippen LogP contribution in [0.5, 0.6) is 11.5 Å². The van der Waals surface area contributed by atoms with Crippen LogP contribution in [0.15, 0.2) is 48.7 Å². The maximum Gasteiger partial charge on any atom is 0.335 e. The number of hydrogen-bond acceptors (Lipinski definition) is 4. The largest absolute Gasteiger partial charge is 0.478 e. The molecular weight excluding hydrogens is 383 g/mol. The Morgan fingerprint density at radius 3 is 2.76 bits per heavy atom. The van der Waals surface area contributed by atoms with E-state index in [-0.39, 0.29) is 5.56 Å². The fraction of sp³-hybridized carbons (Fsp3) is 0. The molecular formula is C15H9IN2O3. The van der Waals surface area contributed by atoms with E-state index in [2.05, 4.69) is 32.8 Å². The summed E-state index contributed by atoms with van der Waals surface area (Å²) in [5.41, 5.74) is 0.899. The zero-order valence-corrected chi connectivity index (χ0v) is 12.8. The van der Waals surface area contributed by atoms with Crippen molar-refractivity contribution in [3.05, 3.63) is 57.8 Å². The van der Waals surface area contributed by atoms with E-state index in [0.29, 0.717) is 11.5 Å². The molecule has 0 unspecified atom stereocenters. The van der Waals surface area contributed by atoms with E-state index in [4.69, 9.17) is 9.84 Å². The van der Waals surface area contributed by atoms with Gasteiger partial charge in [-0.05, 0) is 52.9 Å². The van der Waals surface area contributed by atoms with Crippen LogP contribution < -0.4 is 4.74 Å². The Balaban J connectivity index is 2.06. The van der Waals surface area contributed by atoms with E-state index in [1.807, 2.05) is 24.3 Å². The van der Waals surface area contributed by atoms with Gasteiger partial charge in [0.15, 0.2) is 5.75 Å². The Kier molecular flexibility index (Phi) is 3.70. The van der Waals surface area contributed by atoms with Crippen LogP contribution in [0.2, 0.25) is 0 Å². The van der Waals surface area contributed by atoms with Gasteiger partial charge in [0, 0.05) is 5.39 Å². The van der Waals surface area contributed by atoms with E-state index in [0.717, 1.165) is 14.5 Å². The summed E-state index contributed by atoms with van der Waals surface area (Å²) in [6.45, 7) is 0. The van der Waals surface area contributed by atoms with Gasteiger partial charge in [-0.25, -0.2) is 4.79 Å². The number of halogens is 1. The standard InChI is InChI=1S/C15H9IN2O3/c16-11-6-5-9(15(19)20)7-13(11)21-14-8-17-18-12-4-2-1-3-10(12)14/h1-8H,(H,19,20). The third kappa shape index (κ3) is 2.80. The van der Waals surface area contributed by atoms with E-state index in [1.54, 1.807) is 12.1 Å². The van der Waals surface area contributed by atoms with Crippen molar-refractivity contribution in [3.63, 3.8) is 0 Å². The quantitative estimate of drug-likeness (QED) is 0.688. The summed E-state index contributed by atoms with van der Waals surface area (Å²) in [7, 11) is 0. The number of carbonyl (C=O) groups is 1. The van der Waals surface area contributed by atoms with Gasteiger partial charge in [-0.2, -0.15) is 10.2 Å². The molecule has 104 valence electrons. The van der Waals surface area contributed by atoms with Crippen molar-refractivity contribution in [1.82, 2.24) is 10.2 Å². The smallest absolute Gasteiger partial charge is 0.335 e. The maximum atomic E-state index is 11.0. The summed E-state index contributed by atoms with van der Waals surface area (Å²) in [5.74, 6) is 0.0312. The van der Waals surface area contributed by atoms with E-state index in [9.17, 15) is 4.79 Å². The molecule has 0 aliphatic heterocycles. The van der Waals surface area contributed by atoms with Gasteiger partial charge in [-0.15, -0.1) is 0 Å². The van der Waals surface area contributed by atoms with Gasteiger partial charge in [-0.3, -0.25) is 0 Å². The van der Waals surface area contributed by atoms with Gasteiger partial charge in [-0.1, -0.05) is 12.1 Å². The molecule has 1 N–H and O–H groups in total. The van der Waals surface area contributed by atoms with Crippen LogP contribution in [0.1, 0.15) is 10.4 Å². The molecule has 1 aromatic heterocycles. The van der Waals surface area contributed by atoms with Gasteiger partial charge < -0.3 is 9.84 Å². The van der Waals surface area contributed by atoms with Gasteiger partial charge in [0.05, 0.1) is 20.8 Å². The van der Waals surface area contributed by atoms with Crippen LogP contribution in [-0.2, 0) is 0 Å². The summed E-state index contributed by atoms with van der Waals surface area (Å²) in [4.78, 5) is 11.0. The highest BCUT2D eigenvalue weighted by atomic mass is 127. The molecule has 0 aliphatic carbocycles. The highest BCUT2D eigenvalue weighted by Crippen LogP contribution is 2.31. The fourth-order valence-electron chi connectivity index (χ4n) is 1.90. The third-order valence-electron chi connectivity index (χ3n) is 2.91. The molecule has 0 atom stereocenters. The van der Waals surface area contributed by atoms with E-state index >= 15 is 0 Å². The number of ether oxygens (including phenoxy) is 1. The summed E-state index contributed by atoms with van der Waals surface area (Å²) in [5, 5.41) is 17.8. The normalized spacial score (nSPS) is 10.5. The molecule has 0 spiro atoms. The van der Waals surface area contributed by atoms with Crippen LogP contribution in [0, 0.1) is 3.57 Å². The monoisotopic (exact) mass is 392 g/mol. The number of hydrogen-bond donors (Lipinski definition) is 1. The van der Waals surface area contributed by atoms with Gasteiger partial charge >= 0.3 is 5.97 Å². The Bertz CT molecular complexity index is 831. The van der Waals surface area contributed by atoms with Gasteiger partial charge in [0.25, 0.3) is 0 Å². The topological polar surface area (TPSA) is 72.3 Å². The Labute approximate surface area is 133 Å². The zero-order valence-electron chi connectivity index (χ0n) is 10.7. The molecule has 5 nitrogen and oxygen atoms in total. The first kappa shape index (κ1) is 13.7. The molecule has 0 aliphatic rings. The first-order valence-corrected chi connectivity index (χ1v) is 7.14. The fourth-order valence-corrected chi connectivity index (χ4v) is 2.34. The number of carboxylic acid groups (broad SMARTS) is 1. The van der Waals surface area contributed by atoms with Crippen molar-refractivity contribution >= 4 is 39.5 Å². The number of carboxylic acids is 1. The Morgan fingerprint density at radius 1 is 1.14 bits per heavy atom. The summed E-state index contributed by atoms with van der Waals surface area (Å²) >= 11 is 2.10. The molecule has 0 bridgehead atoms. The van der Waals surface area contributed by atoms with Crippen molar-refractivity contribution < 1.29 is 14.6 Å². The number of benzene rings is 2. The minimum atomic E-state index is -0.992. The molecule has 3 rings (SSSR count). The lowest BCUT2D eigenvalue weighted by Gasteiger charge is -2.10. The average Bonchev–Trinajstić information content (AvgIpc) is 2.49. The second kappa shape index (κ2) is 5.65. The SMILES string of the molecule is O=C(O)c1ccc(I)c(Oc2cnnc3ccccc23)c1. The third-order valence-corrected chi connectivity index (χ3v) is 3.80. The molecule has 3 aromatic rings. The van der Waals surface area contributed by atoms with Crippen molar-refractivity contribution in [2.45, 2.75) is 0 Å². The van der Waals surface area contributed by atoms with Crippen LogP contribution in [0.25, 0.3) is 10.9 Å². The molecule has 0 radical (unpaired) electrons. The van der Waals surface area contributed by atoms with Gasteiger partial charge in [0.1, 0.15) is 5.75 Å². The second-order valence-electron chi connectivity index (χ2n) is 4.28. The lowest BCUT2D eigenvalue weighted by molar-refractivity contribution is 0.0696. The van der Waals surface area contributed by atoms with Gasteiger partial charge in [0.2, 0.25) is 0 Å². The van der Waals surface area contributed by atoms with Crippen molar-refractivity contribution in [2.24, 2.45) is 0 Å². The highest BCUT2D eigenvalue weighted by Gasteiger charge is 2.11. The minimum absolute atomic E-state index is 0.178. The molecule has 6 heteroatoms. The zero-order chi connectivity index (χ0) is 14.8. The maximum absolute atomic E-state index is 11.0. The molecule has 0 saturated heterocycles. The lowest BCUT2D eigenvalue weighted by atomic mass is 10.2. The summed E-state index contributed by atoms with van der Waals surface area (Å²) in [6.07, 6.45) is 1.52. The number of nitrogens with zero attached hydrogens (tertiary/aromatic N) is 2. The number of fused-ring (bicyclic) bond motifs is 1. The van der Waals surface area contributed by atoms with Crippen molar-refractivity contribution in [2.75, 3.05) is 0 Å². The van der Waals surface area contributed by atoms with E-state index in [1.165, 1.54) is 12.3 Å².